The van der Waals surface area contributed by atoms with E-state index in [9.17, 15) is 0 Å². The number of nitrogens with zero attached hydrogens (tertiary/aromatic N) is 2. The van der Waals surface area contributed by atoms with E-state index in [1.165, 1.54) is 32.1 Å². The van der Waals surface area contributed by atoms with Gasteiger partial charge in [0, 0.05) is 18.5 Å². The zero-order valence-corrected chi connectivity index (χ0v) is 10.7. The summed E-state index contributed by atoms with van der Waals surface area (Å²) in [6.45, 7) is 2.23. The van der Waals surface area contributed by atoms with Crippen LogP contribution in [0.15, 0.2) is 18.3 Å². The van der Waals surface area contributed by atoms with Gasteiger partial charge in [0.15, 0.2) is 0 Å². The maximum atomic E-state index is 6.18. The van der Waals surface area contributed by atoms with Crippen molar-refractivity contribution in [2.75, 3.05) is 23.7 Å². The van der Waals surface area contributed by atoms with Crippen molar-refractivity contribution in [2.24, 2.45) is 0 Å². The number of aromatic nitrogens is 2. The lowest BCUT2D eigenvalue weighted by Crippen LogP contribution is -2.27. The number of aromatic amines is 1. The van der Waals surface area contributed by atoms with Gasteiger partial charge in [0.05, 0.1) is 23.1 Å². The first-order valence-electron chi connectivity index (χ1n) is 6.82. The van der Waals surface area contributed by atoms with Crippen molar-refractivity contribution >= 4 is 22.3 Å². The highest BCUT2D eigenvalue weighted by Gasteiger charge is 2.13. The lowest BCUT2D eigenvalue weighted by molar-refractivity contribution is 0.557. The third kappa shape index (κ3) is 2.15. The fraction of sp³-hybridized carbons (Fsp3) is 0.500. The first-order valence-corrected chi connectivity index (χ1v) is 6.82. The largest absolute Gasteiger partial charge is 0.397 e. The zero-order chi connectivity index (χ0) is 12.4. The topological polar surface area (TPSA) is 57.9 Å². The monoisotopic (exact) mass is 244 g/mol. The summed E-state index contributed by atoms with van der Waals surface area (Å²) in [6, 6.07) is 4.16. The van der Waals surface area contributed by atoms with Crippen LogP contribution in [-0.2, 0) is 0 Å². The number of nitrogens with one attached hydrogen (secondary N) is 1. The molecule has 0 radical (unpaired) electrons. The molecule has 0 bridgehead atoms. The highest BCUT2D eigenvalue weighted by atomic mass is 15.1. The van der Waals surface area contributed by atoms with E-state index in [2.05, 4.69) is 21.2 Å². The molecular formula is C14H20N4. The summed E-state index contributed by atoms with van der Waals surface area (Å²) >= 11 is 0. The highest BCUT2D eigenvalue weighted by molar-refractivity contribution is 5.88. The number of fused-ring (bicyclic) bond motifs is 1. The molecule has 2 aromatic rings. The Morgan fingerprint density at radius 2 is 1.78 bits per heavy atom. The Balaban J connectivity index is 1.92. The van der Waals surface area contributed by atoms with Crippen LogP contribution in [0, 0.1) is 0 Å². The molecule has 0 saturated carbocycles. The molecule has 1 aromatic carbocycles. The smallest absolute Gasteiger partial charge is 0.0672 e. The molecule has 0 aliphatic carbocycles. The minimum Gasteiger partial charge on any atom is -0.397 e. The van der Waals surface area contributed by atoms with Crippen molar-refractivity contribution in [2.45, 2.75) is 32.1 Å². The van der Waals surface area contributed by atoms with Crippen LogP contribution < -0.4 is 10.6 Å². The third-order valence-electron chi connectivity index (χ3n) is 3.78. The van der Waals surface area contributed by atoms with Gasteiger partial charge >= 0.3 is 0 Å². The van der Waals surface area contributed by atoms with Gasteiger partial charge in [-0.05, 0) is 25.0 Å². The molecule has 96 valence electrons. The van der Waals surface area contributed by atoms with E-state index in [1.807, 2.05) is 12.3 Å². The zero-order valence-electron chi connectivity index (χ0n) is 10.7. The second kappa shape index (κ2) is 4.88. The van der Waals surface area contributed by atoms with Crippen LogP contribution in [0.3, 0.4) is 0 Å². The minimum atomic E-state index is 0.865. The molecule has 2 heterocycles. The van der Waals surface area contributed by atoms with E-state index in [-0.39, 0.29) is 0 Å². The normalized spacial score (nSPS) is 17.7. The fourth-order valence-electron chi connectivity index (χ4n) is 2.76. The van der Waals surface area contributed by atoms with E-state index in [0.29, 0.717) is 0 Å². The molecule has 0 amide bonds. The molecule has 0 atom stereocenters. The Morgan fingerprint density at radius 3 is 2.56 bits per heavy atom. The lowest BCUT2D eigenvalue weighted by Gasteiger charge is -2.28. The van der Waals surface area contributed by atoms with Crippen LogP contribution in [0.4, 0.5) is 11.4 Å². The maximum absolute atomic E-state index is 6.18. The number of rotatable bonds is 1. The third-order valence-corrected chi connectivity index (χ3v) is 3.78. The predicted octanol–water partition coefficient (Wildman–Crippen LogP) is 2.92. The Hall–Kier alpha value is -1.71. The molecule has 0 spiro atoms. The van der Waals surface area contributed by atoms with Gasteiger partial charge in [0.2, 0.25) is 0 Å². The van der Waals surface area contributed by atoms with E-state index in [1.54, 1.807) is 0 Å². The van der Waals surface area contributed by atoms with Gasteiger partial charge < -0.3 is 10.6 Å². The molecule has 3 rings (SSSR count). The number of anilines is 2. The van der Waals surface area contributed by atoms with Gasteiger partial charge in [0.1, 0.15) is 0 Å². The van der Waals surface area contributed by atoms with Crippen molar-refractivity contribution in [1.82, 2.24) is 10.2 Å². The Bertz CT molecular complexity index is 524. The van der Waals surface area contributed by atoms with E-state index in [0.717, 1.165) is 35.4 Å². The van der Waals surface area contributed by atoms with Crippen molar-refractivity contribution in [1.29, 1.82) is 0 Å². The van der Waals surface area contributed by atoms with Crippen LogP contribution in [0.5, 0.6) is 0 Å². The van der Waals surface area contributed by atoms with Crippen molar-refractivity contribution < 1.29 is 0 Å². The van der Waals surface area contributed by atoms with Crippen molar-refractivity contribution in [3.63, 3.8) is 0 Å². The highest BCUT2D eigenvalue weighted by Crippen LogP contribution is 2.29. The minimum absolute atomic E-state index is 0.865. The molecule has 1 aliphatic rings. The van der Waals surface area contributed by atoms with Crippen LogP contribution >= 0.6 is 0 Å². The molecule has 3 N–H and O–H groups in total. The summed E-state index contributed by atoms with van der Waals surface area (Å²) < 4.78 is 0. The van der Waals surface area contributed by atoms with Gasteiger partial charge in [0.25, 0.3) is 0 Å². The van der Waals surface area contributed by atoms with Crippen LogP contribution in [0.25, 0.3) is 10.9 Å². The summed E-state index contributed by atoms with van der Waals surface area (Å²) in [7, 11) is 0. The molecule has 1 fully saturated rings. The maximum Gasteiger partial charge on any atom is 0.0672 e. The quantitative estimate of drug-likeness (QED) is 0.758. The second-order valence-electron chi connectivity index (χ2n) is 5.12. The molecule has 4 heteroatoms. The predicted molar refractivity (Wildman–Crippen MR) is 75.8 cm³/mol. The van der Waals surface area contributed by atoms with Crippen molar-refractivity contribution in [3.8, 4) is 0 Å². The molecule has 1 saturated heterocycles. The van der Waals surface area contributed by atoms with Crippen molar-refractivity contribution in [3.05, 3.63) is 18.3 Å². The number of nitrogens with two attached hydrogens (primary N) is 1. The van der Waals surface area contributed by atoms with Gasteiger partial charge in [-0.25, -0.2) is 0 Å². The van der Waals surface area contributed by atoms with Gasteiger partial charge in [-0.1, -0.05) is 19.3 Å². The number of hydrogen-bond donors (Lipinski definition) is 2. The molecule has 1 aromatic heterocycles. The number of hydrogen-bond acceptors (Lipinski definition) is 3. The summed E-state index contributed by atoms with van der Waals surface area (Å²) in [5.41, 5.74) is 9.28. The average molecular weight is 244 g/mol. The Kier molecular flexibility index (Phi) is 3.09. The first-order chi connectivity index (χ1) is 8.84. The van der Waals surface area contributed by atoms with Gasteiger partial charge in [-0.3, -0.25) is 5.10 Å². The molecule has 4 nitrogen and oxygen atoms in total. The standard InChI is InChI=1S/C14H20N4/c15-12-8-11-10-16-17-13(11)9-14(12)18-6-4-2-1-3-5-7-18/h8-10H,1-7,15H2,(H,16,17). The summed E-state index contributed by atoms with van der Waals surface area (Å²) in [5.74, 6) is 0. The van der Waals surface area contributed by atoms with Gasteiger partial charge in [-0.2, -0.15) is 5.10 Å². The Morgan fingerprint density at radius 1 is 1.06 bits per heavy atom. The molecule has 1 aliphatic heterocycles. The summed E-state index contributed by atoms with van der Waals surface area (Å²) in [4.78, 5) is 2.43. The van der Waals surface area contributed by atoms with E-state index >= 15 is 0 Å². The lowest BCUT2D eigenvalue weighted by atomic mass is 10.1. The number of H-pyrrole nitrogens is 1. The SMILES string of the molecule is Nc1cc2cn[nH]c2cc1N1CCCCCCC1. The second-order valence-corrected chi connectivity index (χ2v) is 5.12. The molecular weight excluding hydrogens is 224 g/mol. The number of benzene rings is 1. The number of nitrogen functional groups attached to an aromatic ring is 1. The fourth-order valence-corrected chi connectivity index (χ4v) is 2.76. The van der Waals surface area contributed by atoms with E-state index in [4.69, 9.17) is 5.73 Å². The molecule has 18 heavy (non-hydrogen) atoms. The van der Waals surface area contributed by atoms with E-state index < -0.39 is 0 Å². The molecule has 0 unspecified atom stereocenters. The average Bonchev–Trinajstić information content (AvgIpc) is 2.75. The van der Waals surface area contributed by atoms with Crippen LogP contribution in [0.1, 0.15) is 32.1 Å². The summed E-state index contributed by atoms with van der Waals surface area (Å²) in [6.07, 6.45) is 8.40. The van der Waals surface area contributed by atoms with Crippen LogP contribution in [0.2, 0.25) is 0 Å². The van der Waals surface area contributed by atoms with Crippen LogP contribution in [-0.4, -0.2) is 23.3 Å². The summed E-state index contributed by atoms with van der Waals surface area (Å²) in [5, 5.41) is 8.17. The van der Waals surface area contributed by atoms with Gasteiger partial charge in [-0.15, -0.1) is 0 Å². The first kappa shape index (κ1) is 11.4. The Labute approximate surface area is 107 Å².